The molecule has 0 aliphatic rings. The van der Waals surface area contributed by atoms with Gasteiger partial charge in [0.15, 0.2) is 0 Å². The number of aromatic nitrogens is 1. The lowest BCUT2D eigenvalue weighted by Crippen LogP contribution is -2.10. The van der Waals surface area contributed by atoms with E-state index in [1.165, 1.54) is 11.1 Å². The minimum atomic E-state index is 0.197. The zero-order valence-electron chi connectivity index (χ0n) is 11.2. The van der Waals surface area contributed by atoms with Crippen LogP contribution in [-0.2, 0) is 12.0 Å². The minimum absolute atomic E-state index is 0.197. The van der Waals surface area contributed by atoms with E-state index in [4.69, 9.17) is 4.74 Å². The van der Waals surface area contributed by atoms with E-state index in [1.807, 2.05) is 12.1 Å². The fourth-order valence-electron chi connectivity index (χ4n) is 1.70. The third-order valence-corrected chi connectivity index (χ3v) is 2.86. The molecule has 0 aliphatic carbocycles. The van der Waals surface area contributed by atoms with Gasteiger partial charge in [-0.15, -0.1) is 0 Å². The molecule has 0 unspecified atom stereocenters. The van der Waals surface area contributed by atoms with Crippen LogP contribution in [0.1, 0.15) is 31.9 Å². The van der Waals surface area contributed by atoms with Gasteiger partial charge in [-0.1, -0.05) is 45.0 Å². The number of nitrogens with zero attached hydrogens (tertiary/aromatic N) is 1. The van der Waals surface area contributed by atoms with E-state index in [0.717, 1.165) is 5.75 Å². The van der Waals surface area contributed by atoms with E-state index in [2.05, 4.69) is 50.0 Å². The van der Waals surface area contributed by atoms with Crippen molar-refractivity contribution in [2.24, 2.45) is 0 Å². The van der Waals surface area contributed by atoms with Crippen LogP contribution in [0.4, 0.5) is 0 Å². The van der Waals surface area contributed by atoms with Crippen LogP contribution in [0, 0.1) is 0 Å². The van der Waals surface area contributed by atoms with Crippen molar-refractivity contribution in [1.82, 2.24) is 4.98 Å². The van der Waals surface area contributed by atoms with Crippen molar-refractivity contribution >= 4 is 0 Å². The van der Waals surface area contributed by atoms with Gasteiger partial charge in [0.05, 0.1) is 6.20 Å². The summed E-state index contributed by atoms with van der Waals surface area (Å²) >= 11 is 0. The van der Waals surface area contributed by atoms with Crippen LogP contribution >= 0.6 is 0 Å². The first-order valence-corrected chi connectivity index (χ1v) is 6.18. The molecule has 2 nitrogen and oxygen atoms in total. The van der Waals surface area contributed by atoms with Crippen LogP contribution in [0.15, 0.2) is 48.8 Å². The number of ether oxygens (including phenoxy) is 1. The smallest absolute Gasteiger partial charge is 0.138 e. The SMILES string of the molecule is CC(C)(C)c1ccc(COc2cccnc2)cc1. The van der Waals surface area contributed by atoms with Crippen LogP contribution < -0.4 is 4.74 Å². The molecule has 0 bridgehead atoms. The number of hydrogen-bond donors (Lipinski definition) is 0. The van der Waals surface area contributed by atoms with Gasteiger partial charge in [0, 0.05) is 6.20 Å². The summed E-state index contributed by atoms with van der Waals surface area (Å²) in [6, 6.07) is 12.4. The first kappa shape index (κ1) is 12.6. The first-order valence-electron chi connectivity index (χ1n) is 6.18. The molecule has 0 aliphatic heterocycles. The average Bonchev–Trinajstić information content (AvgIpc) is 2.37. The summed E-state index contributed by atoms with van der Waals surface area (Å²) in [6.45, 7) is 7.23. The second-order valence-corrected chi connectivity index (χ2v) is 5.42. The van der Waals surface area contributed by atoms with Gasteiger partial charge in [-0.3, -0.25) is 4.98 Å². The minimum Gasteiger partial charge on any atom is -0.487 e. The average molecular weight is 241 g/mol. The Bertz CT molecular complexity index is 483. The predicted octanol–water partition coefficient (Wildman–Crippen LogP) is 3.96. The van der Waals surface area contributed by atoms with Gasteiger partial charge in [0.1, 0.15) is 12.4 Å². The quantitative estimate of drug-likeness (QED) is 0.811. The zero-order valence-corrected chi connectivity index (χ0v) is 11.2. The van der Waals surface area contributed by atoms with Crippen LogP contribution in [0.25, 0.3) is 0 Å². The van der Waals surface area contributed by atoms with E-state index in [9.17, 15) is 0 Å². The molecule has 0 atom stereocenters. The molecule has 0 saturated heterocycles. The summed E-state index contributed by atoms with van der Waals surface area (Å²) in [5, 5.41) is 0. The molecular weight excluding hydrogens is 222 g/mol. The maximum absolute atomic E-state index is 5.66. The van der Waals surface area contributed by atoms with Gasteiger partial charge in [0.25, 0.3) is 0 Å². The van der Waals surface area contributed by atoms with Crippen molar-refractivity contribution in [3.05, 3.63) is 59.9 Å². The van der Waals surface area contributed by atoms with Gasteiger partial charge >= 0.3 is 0 Å². The van der Waals surface area contributed by atoms with Gasteiger partial charge in [0.2, 0.25) is 0 Å². The van der Waals surface area contributed by atoms with Crippen molar-refractivity contribution in [3.63, 3.8) is 0 Å². The van der Waals surface area contributed by atoms with Crippen molar-refractivity contribution in [2.75, 3.05) is 0 Å². The van der Waals surface area contributed by atoms with Crippen LogP contribution in [0.5, 0.6) is 5.75 Å². The molecule has 0 radical (unpaired) electrons. The van der Waals surface area contributed by atoms with E-state index >= 15 is 0 Å². The first-order chi connectivity index (χ1) is 8.55. The number of hydrogen-bond acceptors (Lipinski definition) is 2. The molecule has 1 aromatic carbocycles. The van der Waals surface area contributed by atoms with Gasteiger partial charge in [-0.05, 0) is 28.7 Å². The molecule has 1 heterocycles. The summed E-state index contributed by atoms with van der Waals surface area (Å²) in [4.78, 5) is 4.02. The molecule has 94 valence electrons. The lowest BCUT2D eigenvalue weighted by atomic mass is 9.87. The fraction of sp³-hybridized carbons (Fsp3) is 0.312. The molecule has 1 aromatic heterocycles. The second kappa shape index (κ2) is 5.21. The largest absolute Gasteiger partial charge is 0.487 e. The molecule has 0 fully saturated rings. The summed E-state index contributed by atoms with van der Waals surface area (Å²) in [5.41, 5.74) is 2.71. The molecule has 0 N–H and O–H groups in total. The van der Waals surface area contributed by atoms with Gasteiger partial charge in [-0.25, -0.2) is 0 Å². The van der Waals surface area contributed by atoms with Gasteiger partial charge in [-0.2, -0.15) is 0 Å². The molecule has 0 saturated carbocycles. The maximum Gasteiger partial charge on any atom is 0.138 e. The summed E-state index contributed by atoms with van der Waals surface area (Å²) < 4.78 is 5.66. The Morgan fingerprint density at radius 3 is 2.33 bits per heavy atom. The fourth-order valence-corrected chi connectivity index (χ4v) is 1.70. The zero-order chi connectivity index (χ0) is 13.0. The summed E-state index contributed by atoms with van der Waals surface area (Å²) in [6.07, 6.45) is 3.47. The summed E-state index contributed by atoms with van der Waals surface area (Å²) in [7, 11) is 0. The highest BCUT2D eigenvalue weighted by Crippen LogP contribution is 2.22. The Balaban J connectivity index is 1.99. The molecule has 0 amide bonds. The molecule has 2 heteroatoms. The highest BCUT2D eigenvalue weighted by molar-refractivity contribution is 5.27. The maximum atomic E-state index is 5.66. The van der Waals surface area contributed by atoms with E-state index in [0.29, 0.717) is 6.61 Å². The highest BCUT2D eigenvalue weighted by atomic mass is 16.5. The highest BCUT2D eigenvalue weighted by Gasteiger charge is 2.12. The van der Waals surface area contributed by atoms with Crippen LogP contribution in [-0.4, -0.2) is 4.98 Å². The van der Waals surface area contributed by atoms with Crippen molar-refractivity contribution in [3.8, 4) is 5.75 Å². The lowest BCUT2D eigenvalue weighted by Gasteiger charge is -2.19. The van der Waals surface area contributed by atoms with Crippen molar-refractivity contribution in [2.45, 2.75) is 32.8 Å². The van der Waals surface area contributed by atoms with E-state index in [1.54, 1.807) is 12.4 Å². The molecule has 2 aromatic rings. The van der Waals surface area contributed by atoms with Gasteiger partial charge < -0.3 is 4.74 Å². The predicted molar refractivity (Wildman–Crippen MR) is 73.7 cm³/mol. The standard InChI is InChI=1S/C16H19NO/c1-16(2,3)14-8-6-13(7-9-14)12-18-15-5-4-10-17-11-15/h4-11H,12H2,1-3H3. The monoisotopic (exact) mass is 241 g/mol. The van der Waals surface area contributed by atoms with E-state index < -0.39 is 0 Å². The number of rotatable bonds is 3. The molecule has 2 rings (SSSR count). The molecular formula is C16H19NO. The van der Waals surface area contributed by atoms with E-state index in [-0.39, 0.29) is 5.41 Å². The summed E-state index contributed by atoms with van der Waals surface area (Å²) in [5.74, 6) is 0.803. The molecule has 18 heavy (non-hydrogen) atoms. The third kappa shape index (κ3) is 3.33. The Kier molecular flexibility index (Phi) is 3.66. The molecule has 0 spiro atoms. The Labute approximate surface area is 109 Å². The van der Waals surface area contributed by atoms with Crippen LogP contribution in [0.3, 0.4) is 0 Å². The second-order valence-electron chi connectivity index (χ2n) is 5.42. The normalized spacial score (nSPS) is 11.3. The Morgan fingerprint density at radius 2 is 1.78 bits per heavy atom. The Morgan fingerprint density at radius 1 is 1.06 bits per heavy atom. The Hall–Kier alpha value is -1.83. The lowest BCUT2D eigenvalue weighted by molar-refractivity contribution is 0.305. The van der Waals surface area contributed by atoms with Crippen molar-refractivity contribution in [1.29, 1.82) is 0 Å². The van der Waals surface area contributed by atoms with Crippen molar-refractivity contribution < 1.29 is 4.74 Å². The third-order valence-electron chi connectivity index (χ3n) is 2.86. The number of benzene rings is 1. The topological polar surface area (TPSA) is 22.1 Å². The van der Waals surface area contributed by atoms with Crippen LogP contribution in [0.2, 0.25) is 0 Å². The number of pyridine rings is 1.